The van der Waals surface area contributed by atoms with Gasteiger partial charge in [-0.3, -0.25) is 0 Å². The number of carboxylic acids is 1. The van der Waals surface area contributed by atoms with Gasteiger partial charge in [0, 0.05) is 16.8 Å². The predicted octanol–water partition coefficient (Wildman–Crippen LogP) is 3.24. The lowest BCUT2D eigenvalue weighted by Crippen LogP contribution is -2.28. The number of hydrogen-bond acceptors (Lipinski definition) is 5. The van der Waals surface area contributed by atoms with E-state index in [1.165, 1.54) is 4.88 Å². The molecule has 2 aromatic rings. The van der Waals surface area contributed by atoms with E-state index in [0.29, 0.717) is 23.6 Å². The van der Waals surface area contributed by atoms with Gasteiger partial charge in [-0.2, -0.15) is 5.10 Å². The number of nitrogens with one attached hydrogen (secondary N) is 1. The van der Waals surface area contributed by atoms with Crippen LogP contribution in [0.1, 0.15) is 40.3 Å². The molecule has 0 spiro atoms. The number of nitrogens with zero attached hydrogens (tertiary/aromatic N) is 2. The summed E-state index contributed by atoms with van der Waals surface area (Å²) in [7, 11) is 0. The fourth-order valence-corrected chi connectivity index (χ4v) is 2.90. The number of aryl methyl sites for hydroxylation is 1. The van der Waals surface area contributed by atoms with Crippen molar-refractivity contribution < 1.29 is 9.90 Å². The van der Waals surface area contributed by atoms with Crippen molar-refractivity contribution >= 4 is 23.1 Å². The Bertz CT molecular complexity index is 651. The number of aromatic carboxylic acids is 1. The Balaban J connectivity index is 2.25. The molecule has 0 aromatic carbocycles. The van der Waals surface area contributed by atoms with E-state index in [9.17, 15) is 9.90 Å². The molecule has 0 saturated heterocycles. The minimum atomic E-state index is -0.984. The Morgan fingerprint density at radius 3 is 2.67 bits per heavy atom. The summed E-state index contributed by atoms with van der Waals surface area (Å²) in [5.74, 6) is -0.655. The summed E-state index contributed by atoms with van der Waals surface area (Å²) < 4.78 is 0. The number of anilines is 1. The molecule has 6 heteroatoms. The second-order valence-electron chi connectivity index (χ2n) is 5.65. The van der Waals surface area contributed by atoms with Crippen LogP contribution in [0.5, 0.6) is 0 Å². The highest BCUT2D eigenvalue weighted by Gasteiger charge is 2.24. The van der Waals surface area contributed by atoms with Crippen LogP contribution in [-0.2, 0) is 5.41 Å². The molecule has 0 saturated carbocycles. The first-order valence-electron chi connectivity index (χ1n) is 6.68. The van der Waals surface area contributed by atoms with Gasteiger partial charge in [-0.15, -0.1) is 16.4 Å². The fraction of sp³-hybridized carbons (Fsp3) is 0.400. The maximum absolute atomic E-state index is 11.4. The number of hydrogen-bond donors (Lipinski definition) is 2. The monoisotopic (exact) mass is 305 g/mol. The maximum Gasteiger partial charge on any atom is 0.339 e. The lowest BCUT2D eigenvalue weighted by molar-refractivity contribution is 0.0696. The molecule has 0 unspecified atom stereocenters. The van der Waals surface area contributed by atoms with E-state index in [1.807, 2.05) is 11.4 Å². The zero-order chi connectivity index (χ0) is 15.6. The van der Waals surface area contributed by atoms with E-state index >= 15 is 0 Å². The first-order chi connectivity index (χ1) is 9.83. The molecule has 0 atom stereocenters. The van der Waals surface area contributed by atoms with E-state index in [2.05, 4.69) is 35.4 Å². The predicted molar refractivity (Wildman–Crippen MR) is 84.3 cm³/mol. The van der Waals surface area contributed by atoms with Crippen molar-refractivity contribution in [1.82, 2.24) is 10.2 Å². The lowest BCUT2D eigenvalue weighted by atomic mass is 9.91. The first-order valence-corrected chi connectivity index (χ1v) is 7.56. The highest BCUT2D eigenvalue weighted by molar-refractivity contribution is 7.10. The quantitative estimate of drug-likeness (QED) is 0.887. The van der Waals surface area contributed by atoms with E-state index < -0.39 is 5.97 Å². The van der Waals surface area contributed by atoms with Crippen LogP contribution in [0.2, 0.25) is 0 Å². The molecule has 0 aliphatic carbocycles. The summed E-state index contributed by atoms with van der Waals surface area (Å²) in [6.07, 6.45) is 0. The molecular weight excluding hydrogens is 286 g/mol. The second-order valence-corrected chi connectivity index (χ2v) is 6.60. The molecule has 21 heavy (non-hydrogen) atoms. The zero-order valence-corrected chi connectivity index (χ0v) is 13.4. The van der Waals surface area contributed by atoms with Gasteiger partial charge in [0.25, 0.3) is 0 Å². The van der Waals surface area contributed by atoms with Crippen LogP contribution in [0, 0.1) is 13.8 Å². The number of carbonyl (C=O) groups is 1. The van der Waals surface area contributed by atoms with Crippen molar-refractivity contribution in [2.45, 2.75) is 33.1 Å². The van der Waals surface area contributed by atoms with Crippen molar-refractivity contribution in [2.24, 2.45) is 0 Å². The van der Waals surface area contributed by atoms with Gasteiger partial charge in [0.15, 0.2) is 5.82 Å². The topological polar surface area (TPSA) is 75.1 Å². The Labute approximate surface area is 128 Å². The van der Waals surface area contributed by atoms with E-state index in [0.717, 1.165) is 0 Å². The van der Waals surface area contributed by atoms with Crippen molar-refractivity contribution in [3.63, 3.8) is 0 Å². The highest BCUT2D eigenvalue weighted by Crippen LogP contribution is 2.28. The summed E-state index contributed by atoms with van der Waals surface area (Å²) in [4.78, 5) is 12.7. The maximum atomic E-state index is 11.4. The lowest BCUT2D eigenvalue weighted by Gasteiger charge is -2.24. The Morgan fingerprint density at radius 1 is 1.38 bits per heavy atom. The summed E-state index contributed by atoms with van der Waals surface area (Å²) in [5.41, 5.74) is 1.37. The normalized spacial score (nSPS) is 11.4. The van der Waals surface area contributed by atoms with Crippen molar-refractivity contribution in [3.8, 4) is 0 Å². The van der Waals surface area contributed by atoms with E-state index in [-0.39, 0.29) is 11.0 Å². The van der Waals surface area contributed by atoms with Crippen LogP contribution in [0.25, 0.3) is 0 Å². The standard InChI is InChI=1S/C15H19N3O2S/c1-9-10(2)17-18-13(12(9)14(19)20)16-8-15(3,4)11-6-5-7-21-11/h5-7H,8H2,1-4H3,(H,16,18)(H,19,20). The smallest absolute Gasteiger partial charge is 0.339 e. The molecule has 112 valence electrons. The Hall–Kier alpha value is -1.95. The van der Waals surface area contributed by atoms with Gasteiger partial charge in [0.1, 0.15) is 5.56 Å². The van der Waals surface area contributed by atoms with Crippen LogP contribution in [0.15, 0.2) is 17.5 Å². The molecule has 0 fully saturated rings. The van der Waals surface area contributed by atoms with Crippen molar-refractivity contribution in [1.29, 1.82) is 0 Å². The van der Waals surface area contributed by atoms with Gasteiger partial charge in [-0.1, -0.05) is 19.9 Å². The first kappa shape index (κ1) is 15.4. The molecule has 5 nitrogen and oxygen atoms in total. The molecule has 0 aliphatic rings. The molecule has 0 amide bonds. The van der Waals surface area contributed by atoms with Gasteiger partial charge < -0.3 is 10.4 Å². The third-order valence-electron chi connectivity index (χ3n) is 3.55. The van der Waals surface area contributed by atoms with Crippen LogP contribution in [0.4, 0.5) is 5.82 Å². The van der Waals surface area contributed by atoms with Crippen molar-refractivity contribution in [3.05, 3.63) is 39.2 Å². The number of thiophene rings is 1. The molecule has 2 heterocycles. The summed E-state index contributed by atoms with van der Waals surface area (Å²) in [6, 6.07) is 4.09. The van der Waals surface area contributed by atoms with Gasteiger partial charge in [-0.25, -0.2) is 4.79 Å². The Kier molecular flexibility index (Phi) is 4.27. The average Bonchev–Trinajstić information content (AvgIpc) is 2.94. The molecular formula is C15H19N3O2S. The summed E-state index contributed by atoms with van der Waals surface area (Å²) >= 11 is 1.69. The largest absolute Gasteiger partial charge is 0.478 e. The zero-order valence-electron chi connectivity index (χ0n) is 12.6. The average molecular weight is 305 g/mol. The van der Waals surface area contributed by atoms with Gasteiger partial charge >= 0.3 is 5.97 Å². The minimum absolute atomic E-state index is 0.107. The van der Waals surface area contributed by atoms with Crippen LogP contribution in [-0.4, -0.2) is 27.8 Å². The van der Waals surface area contributed by atoms with Gasteiger partial charge in [0.2, 0.25) is 0 Å². The second kappa shape index (κ2) is 5.81. The fourth-order valence-electron chi connectivity index (χ4n) is 2.05. The number of aromatic nitrogens is 2. The molecule has 0 radical (unpaired) electrons. The SMILES string of the molecule is Cc1nnc(NCC(C)(C)c2cccs2)c(C(=O)O)c1C. The summed E-state index contributed by atoms with van der Waals surface area (Å²) in [6.45, 7) is 8.32. The van der Waals surface area contributed by atoms with Gasteiger partial charge in [0.05, 0.1) is 5.69 Å². The van der Waals surface area contributed by atoms with Crippen LogP contribution < -0.4 is 5.32 Å². The third kappa shape index (κ3) is 3.21. The van der Waals surface area contributed by atoms with Crippen LogP contribution >= 0.6 is 11.3 Å². The minimum Gasteiger partial charge on any atom is -0.478 e. The molecule has 0 aliphatic heterocycles. The molecule has 2 rings (SSSR count). The van der Waals surface area contributed by atoms with Gasteiger partial charge in [-0.05, 0) is 30.9 Å². The molecule has 2 N–H and O–H groups in total. The molecule has 2 aromatic heterocycles. The van der Waals surface area contributed by atoms with E-state index in [4.69, 9.17) is 0 Å². The third-order valence-corrected chi connectivity index (χ3v) is 4.79. The molecule has 0 bridgehead atoms. The van der Waals surface area contributed by atoms with Crippen LogP contribution in [0.3, 0.4) is 0 Å². The number of rotatable bonds is 5. The number of carboxylic acid groups (broad SMARTS) is 1. The highest BCUT2D eigenvalue weighted by atomic mass is 32.1. The van der Waals surface area contributed by atoms with E-state index in [1.54, 1.807) is 25.2 Å². The Morgan fingerprint density at radius 2 is 2.10 bits per heavy atom. The van der Waals surface area contributed by atoms with Crippen molar-refractivity contribution in [2.75, 3.05) is 11.9 Å². The summed E-state index contributed by atoms with van der Waals surface area (Å²) in [5, 5.41) is 22.6.